The van der Waals surface area contributed by atoms with Crippen LogP contribution in [0.1, 0.15) is 361 Å². The van der Waals surface area contributed by atoms with E-state index >= 15 is 0 Å². The van der Waals surface area contributed by atoms with Crippen LogP contribution < -0.4 is 5.32 Å². The van der Waals surface area contributed by atoms with Gasteiger partial charge in [-0.1, -0.05) is 301 Å². The van der Waals surface area contributed by atoms with Gasteiger partial charge in [-0.3, -0.25) is 9.59 Å². The van der Waals surface area contributed by atoms with Crippen molar-refractivity contribution in [3.05, 3.63) is 36.5 Å². The Balaban J connectivity index is 3.33. The molecule has 3 N–H and O–H groups in total. The van der Waals surface area contributed by atoms with Gasteiger partial charge in [0, 0.05) is 12.8 Å². The third-order valence-electron chi connectivity index (χ3n) is 15.4. The average Bonchev–Trinajstić information content (AvgIpc) is 3.40. The van der Waals surface area contributed by atoms with Gasteiger partial charge in [-0.25, -0.2) is 0 Å². The van der Waals surface area contributed by atoms with Gasteiger partial charge in [-0.05, 0) is 83.5 Å². The maximum absolute atomic E-state index is 12.4. The number of hydrogen-bond donors (Lipinski definition) is 3. The number of hydrogen-bond acceptors (Lipinski definition) is 5. The third-order valence-corrected chi connectivity index (χ3v) is 15.4. The summed E-state index contributed by atoms with van der Waals surface area (Å²) < 4.78 is 5.49. The van der Waals surface area contributed by atoms with Crippen LogP contribution in [0.3, 0.4) is 0 Å². The number of allylic oxidation sites excluding steroid dienone is 6. The molecule has 0 aliphatic carbocycles. The van der Waals surface area contributed by atoms with Crippen molar-refractivity contribution >= 4 is 11.9 Å². The second-order valence-corrected chi connectivity index (χ2v) is 22.8. The predicted molar refractivity (Wildman–Crippen MR) is 324 cm³/mol. The molecule has 0 saturated carbocycles. The highest BCUT2D eigenvalue weighted by molar-refractivity contribution is 5.76. The first-order chi connectivity index (χ1) is 36.5. The van der Waals surface area contributed by atoms with E-state index in [1.54, 1.807) is 0 Å². The van der Waals surface area contributed by atoms with Crippen molar-refractivity contribution in [2.45, 2.75) is 373 Å². The molecule has 0 fully saturated rings. The van der Waals surface area contributed by atoms with Crippen molar-refractivity contribution in [2.24, 2.45) is 0 Å². The maximum atomic E-state index is 12.4. The van der Waals surface area contributed by atoms with Gasteiger partial charge in [0.2, 0.25) is 5.91 Å². The van der Waals surface area contributed by atoms with Crippen LogP contribution in [0, 0.1) is 0 Å². The molecule has 1 amide bonds. The lowest BCUT2D eigenvalue weighted by atomic mass is 10.0. The molecule has 436 valence electrons. The van der Waals surface area contributed by atoms with E-state index in [-0.39, 0.29) is 18.5 Å². The van der Waals surface area contributed by atoms with Crippen LogP contribution in [0.2, 0.25) is 0 Å². The third kappa shape index (κ3) is 59.3. The Hall–Kier alpha value is -1.92. The molecule has 0 spiro atoms. The second-order valence-electron chi connectivity index (χ2n) is 22.8. The zero-order valence-corrected chi connectivity index (χ0v) is 49.8. The number of nitrogens with one attached hydrogen (secondary N) is 1. The Labute approximate surface area is 462 Å². The summed E-state index contributed by atoms with van der Waals surface area (Å²) in [6.07, 6.45) is 80.5. The smallest absolute Gasteiger partial charge is 0.305 e. The highest BCUT2D eigenvalue weighted by Crippen LogP contribution is 2.18. The number of esters is 1. The van der Waals surface area contributed by atoms with Crippen LogP contribution in [0.4, 0.5) is 0 Å². The fraction of sp³-hybridized carbons (Fsp3) is 0.882. The summed E-state index contributed by atoms with van der Waals surface area (Å²) in [5, 5.41) is 23.1. The zero-order valence-electron chi connectivity index (χ0n) is 49.8. The van der Waals surface area contributed by atoms with Gasteiger partial charge < -0.3 is 20.3 Å². The summed E-state index contributed by atoms with van der Waals surface area (Å²) in [5.74, 6) is -0.0291. The molecule has 0 aliphatic heterocycles. The zero-order chi connectivity index (χ0) is 53.6. The molecule has 0 aromatic carbocycles. The Morgan fingerprint density at radius 3 is 1.05 bits per heavy atom. The summed E-state index contributed by atoms with van der Waals surface area (Å²) in [6, 6.07) is -0.537. The molecule has 6 nitrogen and oxygen atoms in total. The first kappa shape index (κ1) is 72.1. The molecule has 6 heteroatoms. The molecule has 2 unspecified atom stereocenters. The molecule has 0 aliphatic rings. The quantitative estimate of drug-likeness (QED) is 0.0320. The summed E-state index contributed by atoms with van der Waals surface area (Å²) in [7, 11) is 0. The predicted octanol–water partition coefficient (Wildman–Crippen LogP) is 21.1. The number of amides is 1. The van der Waals surface area contributed by atoms with E-state index in [2.05, 4.69) is 55.6 Å². The van der Waals surface area contributed by atoms with Crippen LogP contribution in [-0.2, 0) is 14.3 Å². The summed E-state index contributed by atoms with van der Waals surface area (Å²) in [4.78, 5) is 24.5. The Morgan fingerprint density at radius 2 is 0.676 bits per heavy atom. The van der Waals surface area contributed by atoms with Crippen molar-refractivity contribution in [3.63, 3.8) is 0 Å². The number of ether oxygens (including phenoxy) is 1. The molecule has 0 radical (unpaired) electrons. The SMILES string of the molecule is CCCCCC/C=C\C/C=C\CCCCCCCC(=O)OCCCCCCCCCCCCCC/C=C\CCCCCCCCCCCCCCCCCCC(=O)NC(CO)C(O)CCCCCCCCCCC. The summed E-state index contributed by atoms with van der Waals surface area (Å²) >= 11 is 0. The normalized spacial score (nSPS) is 12.8. The number of carbonyl (C=O) groups is 2. The Kier molecular flexibility index (Phi) is 62.0. The maximum Gasteiger partial charge on any atom is 0.305 e. The van der Waals surface area contributed by atoms with Crippen molar-refractivity contribution in [1.82, 2.24) is 5.32 Å². The molecule has 0 aromatic heterocycles. The first-order valence-electron chi connectivity index (χ1n) is 33.2. The van der Waals surface area contributed by atoms with Crippen LogP contribution in [0.15, 0.2) is 36.5 Å². The van der Waals surface area contributed by atoms with E-state index in [1.807, 2.05) is 0 Å². The Morgan fingerprint density at radius 1 is 0.378 bits per heavy atom. The minimum absolute atomic E-state index is 0.00473. The molecular formula is C68H129NO5. The van der Waals surface area contributed by atoms with E-state index in [4.69, 9.17) is 4.74 Å². The van der Waals surface area contributed by atoms with Gasteiger partial charge in [0.05, 0.1) is 25.4 Å². The number of rotatable bonds is 62. The second kappa shape index (κ2) is 63.6. The van der Waals surface area contributed by atoms with E-state index in [0.29, 0.717) is 25.9 Å². The van der Waals surface area contributed by atoms with E-state index in [9.17, 15) is 19.8 Å². The van der Waals surface area contributed by atoms with Crippen molar-refractivity contribution in [2.75, 3.05) is 13.2 Å². The van der Waals surface area contributed by atoms with E-state index in [1.165, 1.54) is 276 Å². The van der Waals surface area contributed by atoms with E-state index in [0.717, 1.165) is 51.4 Å². The minimum Gasteiger partial charge on any atom is -0.466 e. The largest absolute Gasteiger partial charge is 0.466 e. The van der Waals surface area contributed by atoms with Crippen molar-refractivity contribution in [3.8, 4) is 0 Å². The molecular weight excluding hydrogens is 911 g/mol. The average molecular weight is 1040 g/mol. The standard InChI is InChI=1S/C68H129NO5/c1-3-5-7-9-11-13-14-15-16-36-39-42-46-50-54-58-62-68(73)74-63-59-55-51-47-43-40-37-34-32-30-28-26-24-22-20-18-17-19-21-23-25-27-29-31-33-35-38-41-45-49-53-57-61-67(72)69-65(64-70)66(71)60-56-52-48-44-12-10-8-6-4-2/h13-14,16,20,22,36,65-66,70-71H,3-12,15,17-19,21,23-35,37-64H2,1-2H3,(H,69,72)/b14-13-,22-20-,36-16-. The van der Waals surface area contributed by atoms with Gasteiger partial charge in [0.15, 0.2) is 0 Å². The van der Waals surface area contributed by atoms with Crippen LogP contribution in [0.5, 0.6) is 0 Å². The fourth-order valence-corrected chi connectivity index (χ4v) is 10.3. The molecule has 0 bridgehead atoms. The first-order valence-corrected chi connectivity index (χ1v) is 33.2. The van der Waals surface area contributed by atoms with Gasteiger partial charge in [0.1, 0.15) is 0 Å². The molecule has 0 heterocycles. The highest BCUT2D eigenvalue weighted by atomic mass is 16.5. The molecule has 0 saturated heterocycles. The van der Waals surface area contributed by atoms with E-state index < -0.39 is 12.1 Å². The van der Waals surface area contributed by atoms with Crippen LogP contribution in [-0.4, -0.2) is 47.4 Å². The Bertz CT molecular complexity index is 1200. The lowest BCUT2D eigenvalue weighted by molar-refractivity contribution is -0.143. The topological polar surface area (TPSA) is 95.9 Å². The molecule has 0 rings (SSSR count). The number of aliphatic hydroxyl groups excluding tert-OH is 2. The summed E-state index contributed by atoms with van der Waals surface area (Å²) in [5.41, 5.74) is 0. The van der Waals surface area contributed by atoms with Gasteiger partial charge in [0.25, 0.3) is 0 Å². The highest BCUT2D eigenvalue weighted by Gasteiger charge is 2.20. The molecule has 74 heavy (non-hydrogen) atoms. The minimum atomic E-state index is -0.660. The lowest BCUT2D eigenvalue weighted by Crippen LogP contribution is -2.45. The van der Waals surface area contributed by atoms with Gasteiger partial charge in [-0.15, -0.1) is 0 Å². The van der Waals surface area contributed by atoms with Gasteiger partial charge >= 0.3 is 5.97 Å². The number of carbonyl (C=O) groups excluding carboxylic acids is 2. The van der Waals surface area contributed by atoms with Crippen LogP contribution >= 0.6 is 0 Å². The molecule has 0 aromatic rings. The van der Waals surface area contributed by atoms with Gasteiger partial charge in [-0.2, -0.15) is 0 Å². The monoisotopic (exact) mass is 1040 g/mol. The van der Waals surface area contributed by atoms with Crippen molar-refractivity contribution in [1.29, 1.82) is 0 Å². The van der Waals surface area contributed by atoms with Crippen LogP contribution in [0.25, 0.3) is 0 Å². The lowest BCUT2D eigenvalue weighted by Gasteiger charge is -2.22. The molecule has 2 atom stereocenters. The van der Waals surface area contributed by atoms with Crippen molar-refractivity contribution < 1.29 is 24.5 Å². The number of aliphatic hydroxyl groups is 2. The fourth-order valence-electron chi connectivity index (χ4n) is 10.3. The summed E-state index contributed by atoms with van der Waals surface area (Å²) in [6.45, 7) is 4.93. The number of unbranched alkanes of at least 4 members (excludes halogenated alkanes) is 45.